The molecule has 0 unspecified atom stereocenters. The number of hydrogen-bond donors (Lipinski definition) is 3. The summed E-state index contributed by atoms with van der Waals surface area (Å²) in [6, 6.07) is 1.39. The Labute approximate surface area is 152 Å². The smallest absolute Gasteiger partial charge is 0.224 e. The van der Waals surface area contributed by atoms with Crippen LogP contribution in [0.3, 0.4) is 0 Å². The van der Waals surface area contributed by atoms with Crippen molar-refractivity contribution in [2.24, 2.45) is 0 Å². The van der Waals surface area contributed by atoms with E-state index in [-0.39, 0.29) is 18.8 Å². The SMILES string of the molecule is OCc1cnc2c(F)cc(-c3c[nH]c4nc(NCC5(F)CC5)ncc34)cn12. The normalized spacial score (nSPS) is 15.5. The molecule has 0 spiro atoms. The number of halogens is 2. The molecule has 0 amide bonds. The number of H-pyrrole nitrogens is 1. The molecule has 0 aromatic carbocycles. The minimum atomic E-state index is -1.14. The topological polar surface area (TPSA) is 91.1 Å². The van der Waals surface area contributed by atoms with Crippen molar-refractivity contribution in [2.75, 3.05) is 11.9 Å². The molecular weight excluding hydrogens is 354 g/mol. The molecule has 0 radical (unpaired) electrons. The molecule has 0 saturated heterocycles. The maximum atomic E-state index is 14.4. The van der Waals surface area contributed by atoms with Gasteiger partial charge in [-0.1, -0.05) is 0 Å². The van der Waals surface area contributed by atoms with E-state index in [4.69, 9.17) is 0 Å². The van der Waals surface area contributed by atoms with Crippen LogP contribution in [-0.4, -0.2) is 41.7 Å². The number of aromatic nitrogens is 5. The fourth-order valence-corrected chi connectivity index (χ4v) is 3.14. The van der Waals surface area contributed by atoms with Crippen molar-refractivity contribution in [1.29, 1.82) is 0 Å². The third-order valence-electron chi connectivity index (χ3n) is 4.90. The number of imidazole rings is 1. The minimum Gasteiger partial charge on any atom is -0.390 e. The number of aliphatic hydroxyl groups excluding tert-OH is 1. The number of alkyl halides is 1. The predicted octanol–water partition coefficient (Wildman–Crippen LogP) is 2.82. The number of nitrogens with zero attached hydrogens (tertiary/aromatic N) is 4. The van der Waals surface area contributed by atoms with Crippen LogP contribution in [0.25, 0.3) is 27.8 Å². The highest BCUT2D eigenvalue weighted by molar-refractivity contribution is 5.93. The summed E-state index contributed by atoms with van der Waals surface area (Å²) in [5, 5.41) is 13.0. The van der Waals surface area contributed by atoms with Gasteiger partial charge in [0.25, 0.3) is 0 Å². The first-order valence-corrected chi connectivity index (χ1v) is 8.60. The van der Waals surface area contributed by atoms with E-state index in [1.165, 1.54) is 16.7 Å². The first-order chi connectivity index (χ1) is 13.1. The van der Waals surface area contributed by atoms with E-state index in [0.29, 0.717) is 41.1 Å². The molecule has 27 heavy (non-hydrogen) atoms. The summed E-state index contributed by atoms with van der Waals surface area (Å²) in [6.07, 6.45) is 7.62. The molecule has 5 rings (SSSR count). The average molecular weight is 370 g/mol. The number of aliphatic hydroxyl groups is 1. The summed E-state index contributed by atoms with van der Waals surface area (Å²) in [6.45, 7) is -0.0509. The highest BCUT2D eigenvalue weighted by Crippen LogP contribution is 2.39. The molecule has 7 nitrogen and oxygen atoms in total. The lowest BCUT2D eigenvalue weighted by atomic mass is 10.1. The number of aromatic amines is 1. The van der Waals surface area contributed by atoms with Crippen molar-refractivity contribution in [2.45, 2.75) is 25.1 Å². The molecule has 9 heteroatoms. The van der Waals surface area contributed by atoms with Gasteiger partial charge in [-0.15, -0.1) is 0 Å². The Morgan fingerprint density at radius 1 is 1.30 bits per heavy atom. The van der Waals surface area contributed by atoms with E-state index < -0.39 is 11.5 Å². The minimum absolute atomic E-state index is 0.158. The van der Waals surface area contributed by atoms with Gasteiger partial charge in [-0.05, 0) is 18.9 Å². The fraction of sp³-hybridized carbons (Fsp3) is 0.278. The Balaban J connectivity index is 1.54. The highest BCUT2D eigenvalue weighted by Gasteiger charge is 2.43. The lowest BCUT2D eigenvalue weighted by Crippen LogP contribution is -2.17. The second-order valence-corrected chi connectivity index (χ2v) is 6.84. The van der Waals surface area contributed by atoms with Crippen LogP contribution < -0.4 is 5.32 Å². The molecule has 4 heterocycles. The van der Waals surface area contributed by atoms with Crippen LogP contribution in [0.2, 0.25) is 0 Å². The lowest BCUT2D eigenvalue weighted by Gasteiger charge is -2.07. The van der Waals surface area contributed by atoms with Crippen LogP contribution in [0.1, 0.15) is 18.5 Å². The third kappa shape index (κ3) is 2.71. The van der Waals surface area contributed by atoms with Crippen molar-refractivity contribution in [1.82, 2.24) is 24.3 Å². The number of rotatable bonds is 5. The number of fused-ring (bicyclic) bond motifs is 2. The molecule has 4 aromatic heterocycles. The van der Waals surface area contributed by atoms with Gasteiger partial charge >= 0.3 is 0 Å². The van der Waals surface area contributed by atoms with Gasteiger partial charge in [-0.3, -0.25) is 4.40 Å². The van der Waals surface area contributed by atoms with E-state index in [1.807, 2.05) is 0 Å². The second kappa shape index (κ2) is 5.71. The summed E-state index contributed by atoms with van der Waals surface area (Å²) in [5.41, 5.74) is 1.41. The fourth-order valence-electron chi connectivity index (χ4n) is 3.14. The van der Waals surface area contributed by atoms with Crippen molar-refractivity contribution < 1.29 is 13.9 Å². The third-order valence-corrected chi connectivity index (χ3v) is 4.90. The van der Waals surface area contributed by atoms with Crippen molar-refractivity contribution >= 4 is 22.6 Å². The van der Waals surface area contributed by atoms with Gasteiger partial charge in [0.15, 0.2) is 11.5 Å². The zero-order chi connectivity index (χ0) is 18.6. The molecule has 0 aliphatic heterocycles. The van der Waals surface area contributed by atoms with Crippen LogP contribution in [-0.2, 0) is 6.61 Å². The van der Waals surface area contributed by atoms with E-state index >= 15 is 0 Å². The van der Waals surface area contributed by atoms with Crippen molar-refractivity contribution in [3.05, 3.63) is 42.4 Å². The summed E-state index contributed by atoms with van der Waals surface area (Å²) in [7, 11) is 0. The van der Waals surface area contributed by atoms with Gasteiger partial charge in [0.05, 0.1) is 25.0 Å². The van der Waals surface area contributed by atoms with Crippen molar-refractivity contribution in [3.8, 4) is 11.1 Å². The van der Waals surface area contributed by atoms with Crippen LogP contribution in [0.15, 0.2) is 30.9 Å². The first kappa shape index (κ1) is 16.1. The maximum absolute atomic E-state index is 14.4. The first-order valence-electron chi connectivity index (χ1n) is 8.60. The largest absolute Gasteiger partial charge is 0.390 e. The van der Waals surface area contributed by atoms with Crippen LogP contribution in [0, 0.1) is 5.82 Å². The summed E-state index contributed by atoms with van der Waals surface area (Å²) >= 11 is 0. The highest BCUT2D eigenvalue weighted by atomic mass is 19.1. The molecule has 0 bridgehead atoms. The zero-order valence-corrected chi connectivity index (χ0v) is 14.2. The summed E-state index contributed by atoms with van der Waals surface area (Å²) in [5.74, 6) is -0.142. The lowest BCUT2D eigenvalue weighted by molar-refractivity contribution is 0.276. The van der Waals surface area contributed by atoms with Gasteiger partial charge in [0, 0.05) is 35.1 Å². The van der Waals surface area contributed by atoms with Crippen LogP contribution in [0.5, 0.6) is 0 Å². The van der Waals surface area contributed by atoms with Crippen molar-refractivity contribution in [3.63, 3.8) is 0 Å². The van der Waals surface area contributed by atoms with Gasteiger partial charge < -0.3 is 15.4 Å². The van der Waals surface area contributed by atoms with E-state index in [1.54, 1.807) is 18.6 Å². The second-order valence-electron chi connectivity index (χ2n) is 6.84. The summed E-state index contributed by atoms with van der Waals surface area (Å²) in [4.78, 5) is 15.6. The molecule has 1 aliphatic rings. The summed E-state index contributed by atoms with van der Waals surface area (Å²) < 4.78 is 29.7. The Kier molecular flexibility index (Phi) is 3.41. The van der Waals surface area contributed by atoms with Gasteiger partial charge in [0.2, 0.25) is 5.95 Å². The molecule has 3 N–H and O–H groups in total. The monoisotopic (exact) mass is 370 g/mol. The maximum Gasteiger partial charge on any atom is 0.224 e. The molecule has 1 saturated carbocycles. The van der Waals surface area contributed by atoms with Crippen LogP contribution in [0.4, 0.5) is 14.7 Å². The Morgan fingerprint density at radius 3 is 2.93 bits per heavy atom. The molecular formula is C18H16F2N6O. The van der Waals surface area contributed by atoms with Gasteiger partial charge in [-0.25, -0.2) is 18.7 Å². The molecule has 1 fully saturated rings. The average Bonchev–Trinajstić information content (AvgIpc) is 3.08. The molecule has 138 valence electrons. The van der Waals surface area contributed by atoms with E-state index in [2.05, 4.69) is 25.3 Å². The Bertz CT molecular complexity index is 1160. The van der Waals surface area contributed by atoms with Crippen LogP contribution >= 0.6 is 0 Å². The predicted molar refractivity (Wildman–Crippen MR) is 95.5 cm³/mol. The number of pyridine rings is 1. The number of nitrogens with one attached hydrogen (secondary N) is 2. The zero-order valence-electron chi connectivity index (χ0n) is 14.2. The number of hydrogen-bond acceptors (Lipinski definition) is 5. The van der Waals surface area contributed by atoms with E-state index in [0.717, 1.165) is 5.56 Å². The molecule has 1 aliphatic carbocycles. The van der Waals surface area contributed by atoms with Gasteiger partial charge in [0.1, 0.15) is 11.3 Å². The molecule has 4 aromatic rings. The Morgan fingerprint density at radius 2 is 2.15 bits per heavy atom. The molecule has 0 atom stereocenters. The Hall–Kier alpha value is -3.07. The van der Waals surface area contributed by atoms with Gasteiger partial charge in [-0.2, -0.15) is 4.98 Å². The van der Waals surface area contributed by atoms with E-state index in [9.17, 15) is 13.9 Å². The standard InChI is InChI=1S/C18H16F2N6O/c19-14-3-10(7-26-11(8-27)4-22-16(14)26)12-5-21-15-13(12)6-23-17(25-15)24-9-18(20)1-2-18/h3-7,27H,1-2,8-9H2,(H2,21,23,24,25). The number of anilines is 1. The quantitative estimate of drug-likeness (QED) is 0.503.